The van der Waals surface area contributed by atoms with Crippen molar-refractivity contribution in [1.29, 1.82) is 0 Å². The van der Waals surface area contributed by atoms with E-state index in [0.717, 1.165) is 11.4 Å². The van der Waals surface area contributed by atoms with Crippen LogP contribution in [0.1, 0.15) is 22.3 Å². The summed E-state index contributed by atoms with van der Waals surface area (Å²) in [4.78, 5) is 0. The smallest absolute Gasteiger partial charge is 0.0714 e. The second kappa shape index (κ2) is 13.9. The number of benzene rings is 10. The molecule has 1 aliphatic carbocycles. The van der Waals surface area contributed by atoms with Gasteiger partial charge in [-0.05, 0) is 110 Å². The Bertz CT molecular complexity index is 3670. The normalized spacial score (nSPS) is 12.9. The van der Waals surface area contributed by atoms with Gasteiger partial charge in [0.15, 0.2) is 0 Å². The maximum Gasteiger partial charge on any atom is 0.0714 e. The van der Waals surface area contributed by atoms with E-state index >= 15 is 0 Å². The summed E-state index contributed by atoms with van der Waals surface area (Å²) < 4.78 is 4.88. The van der Waals surface area contributed by atoms with Gasteiger partial charge in [0.25, 0.3) is 0 Å². The molecule has 2 aromatic heterocycles. The van der Waals surface area contributed by atoms with Crippen molar-refractivity contribution < 1.29 is 0 Å². The summed E-state index contributed by atoms with van der Waals surface area (Å²) in [7, 11) is 0. The molecule has 0 radical (unpaired) electrons. The van der Waals surface area contributed by atoms with Crippen molar-refractivity contribution in [2.75, 3.05) is 0 Å². The Morgan fingerprint density at radius 2 is 0.746 bits per heavy atom. The first-order chi connectivity index (χ1) is 31.3. The third-order valence-corrected chi connectivity index (χ3v) is 13.6. The van der Waals surface area contributed by atoms with Crippen LogP contribution in [-0.4, -0.2) is 9.13 Å². The molecule has 13 rings (SSSR count). The Balaban J connectivity index is 0.972. The third-order valence-electron chi connectivity index (χ3n) is 13.6. The Morgan fingerprint density at radius 3 is 1.46 bits per heavy atom. The highest BCUT2D eigenvalue weighted by Gasteiger charge is 2.46. The number of hydrogen-bond donors (Lipinski definition) is 0. The molecule has 294 valence electrons. The van der Waals surface area contributed by atoms with Crippen LogP contribution in [0, 0.1) is 0 Å². The highest BCUT2D eigenvalue weighted by atomic mass is 15.0. The Hall–Kier alpha value is -8.20. The zero-order valence-corrected chi connectivity index (χ0v) is 34.5. The van der Waals surface area contributed by atoms with Crippen LogP contribution in [-0.2, 0) is 5.41 Å². The molecule has 0 spiro atoms. The van der Waals surface area contributed by atoms with Crippen LogP contribution in [0.25, 0.3) is 88.4 Å². The fourth-order valence-corrected chi connectivity index (χ4v) is 10.9. The number of fused-ring (bicyclic) bond motifs is 9. The molecule has 0 saturated heterocycles. The van der Waals surface area contributed by atoms with Crippen LogP contribution in [0.2, 0.25) is 0 Å². The van der Waals surface area contributed by atoms with Crippen molar-refractivity contribution in [3.8, 4) is 44.8 Å². The minimum atomic E-state index is -0.471. The van der Waals surface area contributed by atoms with Crippen molar-refractivity contribution in [2.24, 2.45) is 0 Å². The number of para-hydroxylation sites is 2. The summed E-state index contributed by atoms with van der Waals surface area (Å²) in [6, 6.07) is 89.5. The monoisotopic (exact) mass is 800 g/mol. The molecular weight excluding hydrogens is 761 g/mol. The molecule has 0 fully saturated rings. The van der Waals surface area contributed by atoms with Crippen LogP contribution in [0.15, 0.2) is 243 Å². The Morgan fingerprint density at radius 1 is 0.254 bits per heavy atom. The molecule has 2 nitrogen and oxygen atoms in total. The predicted octanol–water partition coefficient (Wildman–Crippen LogP) is 15.6. The van der Waals surface area contributed by atoms with E-state index in [9.17, 15) is 0 Å². The summed E-state index contributed by atoms with van der Waals surface area (Å²) in [6.45, 7) is 0. The van der Waals surface area contributed by atoms with Crippen molar-refractivity contribution in [3.63, 3.8) is 0 Å². The minimum Gasteiger partial charge on any atom is -0.309 e. The topological polar surface area (TPSA) is 9.86 Å². The minimum absolute atomic E-state index is 0.471. The molecular formula is C61H40N2. The molecule has 0 N–H and O–H groups in total. The summed E-state index contributed by atoms with van der Waals surface area (Å²) in [5.41, 5.74) is 19.2. The second-order valence-electron chi connectivity index (χ2n) is 16.8. The second-order valence-corrected chi connectivity index (χ2v) is 16.8. The maximum atomic E-state index is 2.46. The fraction of sp³-hybridized carbons (Fsp3) is 0.0164. The zero-order valence-electron chi connectivity index (χ0n) is 34.5. The van der Waals surface area contributed by atoms with Gasteiger partial charge in [-0.25, -0.2) is 0 Å². The molecule has 0 bridgehead atoms. The highest BCUT2D eigenvalue weighted by molar-refractivity contribution is 6.12. The Kier molecular flexibility index (Phi) is 7.85. The quantitative estimate of drug-likeness (QED) is 0.159. The molecule has 1 aliphatic rings. The largest absolute Gasteiger partial charge is 0.309 e. The van der Waals surface area contributed by atoms with E-state index in [1.165, 1.54) is 99.2 Å². The summed E-state index contributed by atoms with van der Waals surface area (Å²) in [5, 5.41) is 4.98. The fourth-order valence-electron chi connectivity index (χ4n) is 10.9. The summed E-state index contributed by atoms with van der Waals surface area (Å²) in [6.07, 6.45) is 0. The molecule has 12 aromatic rings. The zero-order chi connectivity index (χ0) is 41.5. The van der Waals surface area contributed by atoms with E-state index in [1.54, 1.807) is 0 Å². The maximum absolute atomic E-state index is 2.46. The molecule has 0 atom stereocenters. The first-order valence-corrected chi connectivity index (χ1v) is 21.8. The van der Waals surface area contributed by atoms with Gasteiger partial charge in [0, 0.05) is 32.9 Å². The van der Waals surface area contributed by atoms with Crippen molar-refractivity contribution in [3.05, 3.63) is 265 Å². The van der Waals surface area contributed by atoms with E-state index < -0.39 is 5.41 Å². The van der Waals surface area contributed by atoms with E-state index in [4.69, 9.17) is 0 Å². The number of nitrogens with zero attached hydrogens (tertiary/aromatic N) is 2. The molecule has 0 saturated carbocycles. The van der Waals surface area contributed by atoms with Gasteiger partial charge in [-0.15, -0.1) is 0 Å². The van der Waals surface area contributed by atoms with Gasteiger partial charge >= 0.3 is 0 Å². The van der Waals surface area contributed by atoms with Crippen molar-refractivity contribution >= 4 is 43.6 Å². The Labute approximate surface area is 366 Å². The lowest BCUT2D eigenvalue weighted by Crippen LogP contribution is -2.28. The van der Waals surface area contributed by atoms with Crippen molar-refractivity contribution in [1.82, 2.24) is 9.13 Å². The van der Waals surface area contributed by atoms with Gasteiger partial charge in [0.05, 0.1) is 27.5 Å². The number of aromatic nitrogens is 2. The van der Waals surface area contributed by atoms with Gasteiger partial charge in [-0.1, -0.05) is 188 Å². The van der Waals surface area contributed by atoms with E-state index in [0.29, 0.717) is 0 Å². The first-order valence-electron chi connectivity index (χ1n) is 21.8. The lowest BCUT2D eigenvalue weighted by molar-refractivity contribution is 0.767. The van der Waals surface area contributed by atoms with Crippen LogP contribution in [0.3, 0.4) is 0 Å². The first kappa shape index (κ1) is 35.5. The third kappa shape index (κ3) is 5.25. The summed E-state index contributed by atoms with van der Waals surface area (Å²) >= 11 is 0. The lowest BCUT2D eigenvalue weighted by atomic mass is 9.67. The van der Waals surface area contributed by atoms with E-state index in [2.05, 4.69) is 252 Å². The van der Waals surface area contributed by atoms with Crippen LogP contribution in [0.4, 0.5) is 0 Å². The summed E-state index contributed by atoms with van der Waals surface area (Å²) in [5.74, 6) is 0. The number of hydrogen-bond acceptors (Lipinski definition) is 0. The van der Waals surface area contributed by atoms with Crippen molar-refractivity contribution in [2.45, 2.75) is 5.41 Å². The molecule has 2 heteroatoms. The molecule has 0 aliphatic heterocycles. The SMILES string of the molecule is c1ccc(-c2ccc(-n3c4ccccc4c4ccc(-c5ccc6c(c5)c5ccccc5n6-c5cccc(C6(c7ccccc7)c7ccccc7-c7ccccc76)c5)cc43)cc2)cc1. The molecule has 0 amide bonds. The number of rotatable bonds is 6. The lowest BCUT2D eigenvalue weighted by Gasteiger charge is -2.34. The predicted molar refractivity (Wildman–Crippen MR) is 263 cm³/mol. The van der Waals surface area contributed by atoms with Gasteiger partial charge in [-0.3, -0.25) is 0 Å². The molecule has 63 heavy (non-hydrogen) atoms. The van der Waals surface area contributed by atoms with Crippen LogP contribution < -0.4 is 0 Å². The van der Waals surface area contributed by atoms with Gasteiger partial charge in [-0.2, -0.15) is 0 Å². The van der Waals surface area contributed by atoms with Crippen LogP contribution in [0.5, 0.6) is 0 Å². The molecule has 10 aromatic carbocycles. The highest BCUT2D eigenvalue weighted by Crippen LogP contribution is 2.56. The molecule has 2 heterocycles. The van der Waals surface area contributed by atoms with Gasteiger partial charge in [0.1, 0.15) is 0 Å². The van der Waals surface area contributed by atoms with Crippen LogP contribution >= 0.6 is 0 Å². The van der Waals surface area contributed by atoms with E-state index in [-0.39, 0.29) is 0 Å². The van der Waals surface area contributed by atoms with Gasteiger partial charge in [0.2, 0.25) is 0 Å². The standard InChI is InChI=1S/C61H40N2/c1-3-16-41(17-4-1)42-30-34-47(35-31-42)62-57-28-13-9-24-51(57)53-36-32-44(39-60(53)62)43-33-37-59-54(38-43)52-25-10-14-29-58(52)63(59)48-21-15-20-46(40-48)61(45-18-5-2-6-19-45)55-26-11-7-22-49(55)50-23-8-12-27-56(50)61/h1-40H. The average molecular weight is 801 g/mol. The average Bonchev–Trinajstić information content (AvgIpc) is 3.98. The molecule has 0 unspecified atom stereocenters. The van der Waals surface area contributed by atoms with E-state index in [1.807, 2.05) is 0 Å². The van der Waals surface area contributed by atoms with Gasteiger partial charge < -0.3 is 9.13 Å².